The number of piperidine rings is 1. The van der Waals surface area contributed by atoms with Crippen molar-refractivity contribution in [3.05, 3.63) is 29.8 Å². The highest BCUT2D eigenvalue weighted by Gasteiger charge is 2.39. The average Bonchev–Trinajstić information content (AvgIpc) is 3.37. The van der Waals surface area contributed by atoms with Crippen molar-refractivity contribution in [1.82, 2.24) is 14.9 Å². The molecule has 1 aromatic rings. The zero-order chi connectivity index (χ0) is 19.6. The first-order valence-corrected chi connectivity index (χ1v) is 10.9. The van der Waals surface area contributed by atoms with Gasteiger partial charge in [0.1, 0.15) is 0 Å². The highest BCUT2D eigenvalue weighted by Crippen LogP contribution is 2.37. The summed E-state index contributed by atoms with van der Waals surface area (Å²) in [5, 5.41) is 5.56. The molecule has 2 aliphatic rings. The highest BCUT2D eigenvalue weighted by atomic mass is 32.2. The van der Waals surface area contributed by atoms with E-state index in [4.69, 9.17) is 0 Å². The van der Waals surface area contributed by atoms with Gasteiger partial charge in [0, 0.05) is 25.0 Å². The quantitative estimate of drug-likeness (QED) is 0.755. The van der Waals surface area contributed by atoms with Crippen LogP contribution in [0.1, 0.15) is 31.7 Å². The lowest BCUT2D eigenvalue weighted by Crippen LogP contribution is -2.48. The number of rotatable bonds is 6. The Morgan fingerprint density at radius 1 is 1.15 bits per heavy atom. The monoisotopic (exact) mass is 393 g/mol. The molecule has 1 saturated heterocycles. The van der Waals surface area contributed by atoms with Crippen molar-refractivity contribution in [3.8, 4) is 0 Å². The molecule has 1 saturated carbocycles. The summed E-state index contributed by atoms with van der Waals surface area (Å²) in [6, 6.07) is 6.76. The Bertz CT molecular complexity index is 799. The Kier molecular flexibility index (Phi) is 5.86. The fraction of sp³-hybridized carbons (Fsp3) is 0.579. The Labute approximate surface area is 160 Å². The molecule has 3 rings (SSSR count). The van der Waals surface area contributed by atoms with Crippen LogP contribution in [-0.2, 0) is 19.6 Å². The van der Waals surface area contributed by atoms with Crippen LogP contribution in [0.15, 0.2) is 29.2 Å². The molecule has 7 nitrogen and oxygen atoms in total. The fourth-order valence-corrected chi connectivity index (χ4v) is 4.83. The van der Waals surface area contributed by atoms with Crippen LogP contribution < -0.4 is 10.6 Å². The molecule has 1 aromatic carbocycles. The zero-order valence-electron chi connectivity index (χ0n) is 15.8. The van der Waals surface area contributed by atoms with Gasteiger partial charge in [-0.3, -0.25) is 9.59 Å². The van der Waals surface area contributed by atoms with Crippen LogP contribution in [0.3, 0.4) is 0 Å². The van der Waals surface area contributed by atoms with Gasteiger partial charge < -0.3 is 10.6 Å². The third-order valence-electron chi connectivity index (χ3n) is 5.35. The number of hydrogen-bond acceptors (Lipinski definition) is 4. The van der Waals surface area contributed by atoms with Gasteiger partial charge in [0.05, 0.1) is 11.4 Å². The molecule has 0 bridgehead atoms. The summed E-state index contributed by atoms with van der Waals surface area (Å²) >= 11 is 0. The molecule has 27 heavy (non-hydrogen) atoms. The molecule has 0 aromatic heterocycles. The van der Waals surface area contributed by atoms with Crippen LogP contribution in [0.4, 0.5) is 0 Å². The number of carbonyl (C=O) groups excluding carboxylic acids is 2. The minimum atomic E-state index is -3.50. The van der Waals surface area contributed by atoms with Crippen LogP contribution in [0.25, 0.3) is 0 Å². The Morgan fingerprint density at radius 2 is 1.74 bits per heavy atom. The maximum atomic E-state index is 12.7. The lowest BCUT2D eigenvalue weighted by atomic mass is 10.1. The lowest BCUT2D eigenvalue weighted by molar-refractivity contribution is -0.127. The number of aryl methyl sites for hydroxylation is 1. The highest BCUT2D eigenvalue weighted by molar-refractivity contribution is 7.89. The summed E-state index contributed by atoms with van der Waals surface area (Å²) in [6.45, 7) is 4.64. The molecular formula is C19H27N3O4S. The number of benzene rings is 1. The lowest BCUT2D eigenvalue weighted by Gasteiger charge is -2.31. The van der Waals surface area contributed by atoms with Crippen LogP contribution in [-0.4, -0.2) is 50.2 Å². The summed E-state index contributed by atoms with van der Waals surface area (Å²) < 4.78 is 26.9. The molecule has 1 aliphatic heterocycles. The van der Waals surface area contributed by atoms with Crippen LogP contribution in [0.5, 0.6) is 0 Å². The summed E-state index contributed by atoms with van der Waals surface area (Å²) in [7, 11) is -3.50. The molecule has 148 valence electrons. The second-order valence-corrected chi connectivity index (χ2v) is 9.53. The van der Waals surface area contributed by atoms with Crippen molar-refractivity contribution in [2.75, 3.05) is 19.6 Å². The van der Waals surface area contributed by atoms with E-state index in [0.29, 0.717) is 36.7 Å². The van der Waals surface area contributed by atoms with Crippen molar-refractivity contribution in [2.24, 2.45) is 11.8 Å². The van der Waals surface area contributed by atoms with E-state index in [-0.39, 0.29) is 30.3 Å². The largest absolute Gasteiger partial charge is 0.352 e. The first-order valence-electron chi connectivity index (χ1n) is 9.41. The number of carbonyl (C=O) groups is 2. The first kappa shape index (κ1) is 19.8. The number of nitrogens with zero attached hydrogens (tertiary/aromatic N) is 1. The third kappa shape index (κ3) is 4.87. The van der Waals surface area contributed by atoms with E-state index >= 15 is 0 Å². The minimum absolute atomic E-state index is 0.0239. The molecule has 2 amide bonds. The van der Waals surface area contributed by atoms with Crippen molar-refractivity contribution < 1.29 is 18.0 Å². The van der Waals surface area contributed by atoms with E-state index in [1.165, 1.54) is 4.31 Å². The maximum absolute atomic E-state index is 12.7. The normalized spacial score (nSPS) is 23.6. The first-order chi connectivity index (χ1) is 12.8. The summed E-state index contributed by atoms with van der Waals surface area (Å²) in [4.78, 5) is 24.1. The van der Waals surface area contributed by atoms with Gasteiger partial charge in [-0.2, -0.15) is 4.31 Å². The van der Waals surface area contributed by atoms with Gasteiger partial charge in [-0.25, -0.2) is 8.42 Å². The number of sulfonamides is 1. The summed E-state index contributed by atoms with van der Waals surface area (Å²) in [6.07, 6.45) is 2.01. The maximum Gasteiger partial charge on any atom is 0.243 e. The van der Waals surface area contributed by atoms with Gasteiger partial charge in [0.15, 0.2) is 0 Å². The number of amides is 2. The van der Waals surface area contributed by atoms with E-state index in [1.807, 2.05) is 13.8 Å². The molecule has 0 spiro atoms. The Hall–Kier alpha value is -1.93. The van der Waals surface area contributed by atoms with Crippen molar-refractivity contribution >= 4 is 21.8 Å². The molecular weight excluding hydrogens is 366 g/mol. The zero-order valence-corrected chi connectivity index (χ0v) is 16.6. The van der Waals surface area contributed by atoms with E-state index in [2.05, 4.69) is 10.6 Å². The second kappa shape index (κ2) is 7.98. The fourth-order valence-electron chi connectivity index (χ4n) is 3.36. The van der Waals surface area contributed by atoms with Gasteiger partial charge in [0.2, 0.25) is 21.8 Å². The summed E-state index contributed by atoms with van der Waals surface area (Å²) in [5.74, 6) is 0.175. The predicted molar refractivity (Wildman–Crippen MR) is 101 cm³/mol. The standard InChI is InChI=1S/C19H27N3O4S/c1-13-3-5-16(6-4-13)27(25,26)22-9-7-15(8-10-22)21-18(23)12-20-19(24)17-11-14(17)2/h3-6,14-15,17H,7-12H2,1-2H3,(H,20,24)(H,21,23)/t14-,17+/m0/s1. The predicted octanol–water partition coefficient (Wildman–Crippen LogP) is 1.04. The van der Waals surface area contributed by atoms with E-state index in [0.717, 1.165) is 12.0 Å². The molecule has 0 radical (unpaired) electrons. The van der Waals surface area contributed by atoms with Gasteiger partial charge >= 0.3 is 0 Å². The van der Waals surface area contributed by atoms with Crippen LogP contribution >= 0.6 is 0 Å². The second-order valence-electron chi connectivity index (χ2n) is 7.60. The smallest absolute Gasteiger partial charge is 0.243 e. The average molecular weight is 394 g/mol. The molecule has 8 heteroatoms. The molecule has 1 aliphatic carbocycles. The SMILES string of the molecule is Cc1ccc(S(=O)(=O)N2CCC(NC(=O)CNC(=O)[C@@H]3C[C@@H]3C)CC2)cc1. The van der Waals surface area contributed by atoms with Gasteiger partial charge in [-0.05, 0) is 44.2 Å². The van der Waals surface area contributed by atoms with Crippen molar-refractivity contribution in [2.45, 2.75) is 44.0 Å². The van der Waals surface area contributed by atoms with Gasteiger partial charge in [-0.15, -0.1) is 0 Å². The van der Waals surface area contributed by atoms with Crippen LogP contribution in [0, 0.1) is 18.8 Å². The van der Waals surface area contributed by atoms with E-state index in [9.17, 15) is 18.0 Å². The topological polar surface area (TPSA) is 95.6 Å². The molecule has 2 N–H and O–H groups in total. The van der Waals surface area contributed by atoms with E-state index in [1.54, 1.807) is 24.3 Å². The third-order valence-corrected chi connectivity index (χ3v) is 7.26. The minimum Gasteiger partial charge on any atom is -0.352 e. The number of nitrogens with one attached hydrogen (secondary N) is 2. The summed E-state index contributed by atoms with van der Waals surface area (Å²) in [5.41, 5.74) is 1.01. The Morgan fingerprint density at radius 3 is 2.30 bits per heavy atom. The van der Waals surface area contributed by atoms with Gasteiger partial charge in [0.25, 0.3) is 0 Å². The molecule has 0 unspecified atom stereocenters. The molecule has 2 atom stereocenters. The van der Waals surface area contributed by atoms with Crippen molar-refractivity contribution in [3.63, 3.8) is 0 Å². The van der Waals surface area contributed by atoms with E-state index < -0.39 is 10.0 Å². The van der Waals surface area contributed by atoms with Crippen LogP contribution in [0.2, 0.25) is 0 Å². The number of hydrogen-bond donors (Lipinski definition) is 2. The van der Waals surface area contributed by atoms with Gasteiger partial charge in [-0.1, -0.05) is 24.6 Å². The molecule has 2 fully saturated rings. The molecule has 1 heterocycles. The Balaban J connectivity index is 1.45. The van der Waals surface area contributed by atoms with Crippen molar-refractivity contribution in [1.29, 1.82) is 0 Å².